The fourth-order valence-corrected chi connectivity index (χ4v) is 3.16. The van der Waals surface area contributed by atoms with Gasteiger partial charge in [0.1, 0.15) is 11.9 Å². The average Bonchev–Trinajstić information content (AvgIpc) is 2.49. The summed E-state index contributed by atoms with van der Waals surface area (Å²) in [4.78, 5) is 14.4. The maximum absolute atomic E-state index is 12.0. The van der Waals surface area contributed by atoms with Crippen molar-refractivity contribution in [2.75, 3.05) is 31.6 Å². The molecule has 1 aromatic rings. The minimum Gasteiger partial charge on any atom is -0.494 e. The van der Waals surface area contributed by atoms with E-state index in [0.29, 0.717) is 18.2 Å². The van der Waals surface area contributed by atoms with E-state index in [-0.39, 0.29) is 12.2 Å². The number of nitrogens with one attached hydrogen (secondary N) is 1. The van der Waals surface area contributed by atoms with Gasteiger partial charge in [-0.2, -0.15) is 0 Å². The monoisotopic (exact) mass is 290 g/mol. The Morgan fingerprint density at radius 1 is 1.38 bits per heavy atom. The van der Waals surface area contributed by atoms with Crippen LogP contribution in [0.25, 0.3) is 0 Å². The Hall–Kier alpha value is -1.75. The van der Waals surface area contributed by atoms with E-state index < -0.39 is 0 Å². The molecule has 1 aromatic carbocycles. The van der Waals surface area contributed by atoms with E-state index in [4.69, 9.17) is 9.47 Å². The first-order chi connectivity index (χ1) is 10.2. The van der Waals surface area contributed by atoms with Crippen molar-refractivity contribution >= 4 is 11.8 Å². The lowest BCUT2D eigenvalue weighted by atomic mass is 9.86. The van der Waals surface area contributed by atoms with Crippen molar-refractivity contribution in [1.82, 2.24) is 4.90 Å². The summed E-state index contributed by atoms with van der Waals surface area (Å²) in [6.07, 6.45) is 1.93. The maximum atomic E-state index is 12.0. The van der Waals surface area contributed by atoms with Crippen LogP contribution in [0.2, 0.25) is 0 Å². The lowest BCUT2D eigenvalue weighted by Gasteiger charge is -2.43. The molecular formula is C16H22N2O3. The van der Waals surface area contributed by atoms with Gasteiger partial charge >= 0.3 is 6.09 Å². The molecule has 0 aromatic heterocycles. The van der Waals surface area contributed by atoms with Gasteiger partial charge in [-0.1, -0.05) is 6.07 Å². The molecule has 21 heavy (non-hydrogen) atoms. The summed E-state index contributed by atoms with van der Waals surface area (Å²) < 4.78 is 11.0. The van der Waals surface area contributed by atoms with Crippen LogP contribution in [0.4, 0.5) is 10.5 Å². The van der Waals surface area contributed by atoms with E-state index >= 15 is 0 Å². The van der Waals surface area contributed by atoms with Crippen molar-refractivity contribution in [2.45, 2.75) is 25.9 Å². The van der Waals surface area contributed by atoms with Gasteiger partial charge in [-0.15, -0.1) is 0 Å². The molecule has 3 aliphatic rings. The lowest BCUT2D eigenvalue weighted by Crippen LogP contribution is -2.52. The Labute approximate surface area is 125 Å². The Morgan fingerprint density at radius 2 is 2.19 bits per heavy atom. The standard InChI is InChI=1S/C16H22N2O3/c1-2-20-14-5-3-4-13(10-14)17-16(19)21-15-11-18-8-6-12(15)7-9-18/h3-5,10,12,15H,2,6-9,11H2,1H3,(H,17,19)/t15-/m1/s1. The van der Waals surface area contributed by atoms with Crippen LogP contribution in [0.1, 0.15) is 19.8 Å². The highest BCUT2D eigenvalue weighted by Crippen LogP contribution is 2.29. The van der Waals surface area contributed by atoms with Crippen molar-refractivity contribution in [3.63, 3.8) is 0 Å². The van der Waals surface area contributed by atoms with Gasteiger partial charge < -0.3 is 9.47 Å². The number of carbonyl (C=O) groups is 1. The predicted octanol–water partition coefficient (Wildman–Crippen LogP) is 2.73. The zero-order chi connectivity index (χ0) is 14.7. The zero-order valence-electron chi connectivity index (χ0n) is 12.4. The number of fused-ring (bicyclic) bond motifs is 3. The Kier molecular flexibility index (Phi) is 4.29. The van der Waals surface area contributed by atoms with E-state index in [1.165, 1.54) is 0 Å². The van der Waals surface area contributed by atoms with Gasteiger partial charge in [0.25, 0.3) is 0 Å². The molecule has 0 aliphatic carbocycles. The first kappa shape index (κ1) is 14.2. The van der Waals surface area contributed by atoms with Crippen molar-refractivity contribution in [3.8, 4) is 5.75 Å². The number of hydrogen-bond acceptors (Lipinski definition) is 4. The maximum Gasteiger partial charge on any atom is 0.411 e. The second-order valence-electron chi connectivity index (χ2n) is 5.67. The average molecular weight is 290 g/mol. The quantitative estimate of drug-likeness (QED) is 0.926. The molecule has 1 atom stereocenters. The van der Waals surface area contributed by atoms with Gasteiger partial charge in [-0.05, 0) is 50.9 Å². The third-order valence-electron chi connectivity index (χ3n) is 4.25. The van der Waals surface area contributed by atoms with Gasteiger partial charge in [-0.25, -0.2) is 4.79 Å². The minimum atomic E-state index is -0.373. The molecule has 4 rings (SSSR count). The molecule has 0 unspecified atom stereocenters. The van der Waals surface area contributed by atoms with Crippen LogP contribution in [0.5, 0.6) is 5.75 Å². The Morgan fingerprint density at radius 3 is 2.86 bits per heavy atom. The molecule has 0 saturated carbocycles. The first-order valence-corrected chi connectivity index (χ1v) is 7.67. The zero-order valence-corrected chi connectivity index (χ0v) is 12.4. The van der Waals surface area contributed by atoms with Gasteiger partial charge in [0, 0.05) is 18.3 Å². The highest BCUT2D eigenvalue weighted by Gasteiger charge is 2.36. The van der Waals surface area contributed by atoms with E-state index in [2.05, 4.69) is 10.2 Å². The largest absolute Gasteiger partial charge is 0.494 e. The van der Waals surface area contributed by atoms with Crippen LogP contribution in [0, 0.1) is 5.92 Å². The number of benzene rings is 1. The molecule has 1 amide bonds. The summed E-state index contributed by atoms with van der Waals surface area (Å²) >= 11 is 0. The molecule has 3 heterocycles. The van der Waals surface area contributed by atoms with Crippen LogP contribution in [-0.2, 0) is 4.74 Å². The van der Waals surface area contributed by atoms with Gasteiger partial charge in [-0.3, -0.25) is 10.2 Å². The van der Waals surface area contributed by atoms with Crippen LogP contribution in [-0.4, -0.2) is 43.3 Å². The topological polar surface area (TPSA) is 50.8 Å². The molecule has 0 spiro atoms. The molecule has 0 radical (unpaired) electrons. The summed E-state index contributed by atoms with van der Waals surface area (Å²) in [5.74, 6) is 1.27. The smallest absolute Gasteiger partial charge is 0.411 e. The van der Waals surface area contributed by atoms with Crippen LogP contribution in [0.3, 0.4) is 0 Å². The molecule has 2 bridgehead atoms. The van der Waals surface area contributed by atoms with Gasteiger partial charge in [0.2, 0.25) is 0 Å². The number of ether oxygens (including phenoxy) is 2. The van der Waals surface area contributed by atoms with Crippen molar-refractivity contribution in [2.24, 2.45) is 5.92 Å². The molecule has 3 fully saturated rings. The fourth-order valence-electron chi connectivity index (χ4n) is 3.16. The summed E-state index contributed by atoms with van der Waals surface area (Å²) in [6, 6.07) is 7.36. The molecule has 5 heteroatoms. The highest BCUT2D eigenvalue weighted by molar-refractivity contribution is 5.85. The molecule has 5 nitrogen and oxygen atoms in total. The number of anilines is 1. The van der Waals surface area contributed by atoms with Crippen molar-refractivity contribution in [3.05, 3.63) is 24.3 Å². The summed E-state index contributed by atoms with van der Waals surface area (Å²) in [7, 11) is 0. The second kappa shape index (κ2) is 6.35. The van der Waals surface area contributed by atoms with E-state index in [1.54, 1.807) is 6.07 Å². The second-order valence-corrected chi connectivity index (χ2v) is 5.67. The van der Waals surface area contributed by atoms with E-state index in [0.717, 1.165) is 38.2 Å². The first-order valence-electron chi connectivity index (χ1n) is 7.67. The molecular weight excluding hydrogens is 268 g/mol. The van der Waals surface area contributed by atoms with Gasteiger partial charge in [0.05, 0.1) is 6.61 Å². The van der Waals surface area contributed by atoms with Crippen molar-refractivity contribution < 1.29 is 14.3 Å². The highest BCUT2D eigenvalue weighted by atomic mass is 16.6. The molecule has 1 N–H and O–H groups in total. The number of piperidine rings is 3. The van der Waals surface area contributed by atoms with E-state index in [9.17, 15) is 4.79 Å². The SMILES string of the molecule is CCOc1cccc(NC(=O)O[C@@H]2CN3CCC2CC3)c1. The number of amides is 1. The van der Waals surface area contributed by atoms with Gasteiger partial charge in [0.15, 0.2) is 0 Å². The predicted molar refractivity (Wildman–Crippen MR) is 80.7 cm³/mol. The number of rotatable bonds is 4. The Balaban J connectivity index is 1.55. The molecule has 3 aliphatic heterocycles. The third-order valence-corrected chi connectivity index (χ3v) is 4.25. The Bertz CT molecular complexity index is 498. The number of carbonyl (C=O) groups excluding carboxylic acids is 1. The van der Waals surface area contributed by atoms with E-state index in [1.807, 2.05) is 25.1 Å². The summed E-state index contributed by atoms with van der Waals surface area (Å²) in [5, 5.41) is 2.79. The normalized spacial score (nSPS) is 27.2. The number of hydrogen-bond donors (Lipinski definition) is 1. The molecule has 3 saturated heterocycles. The van der Waals surface area contributed by atoms with Crippen molar-refractivity contribution in [1.29, 1.82) is 0 Å². The van der Waals surface area contributed by atoms with Crippen LogP contribution >= 0.6 is 0 Å². The fraction of sp³-hybridized carbons (Fsp3) is 0.562. The lowest BCUT2D eigenvalue weighted by molar-refractivity contribution is -0.0289. The molecule has 114 valence electrons. The minimum absolute atomic E-state index is 0.0302. The van der Waals surface area contributed by atoms with Crippen LogP contribution < -0.4 is 10.1 Å². The van der Waals surface area contributed by atoms with Crippen LogP contribution in [0.15, 0.2) is 24.3 Å². The summed E-state index contributed by atoms with van der Waals surface area (Å²) in [5.41, 5.74) is 0.701. The third kappa shape index (κ3) is 3.47. The summed E-state index contributed by atoms with van der Waals surface area (Å²) in [6.45, 7) is 5.69. The number of nitrogens with zero attached hydrogens (tertiary/aromatic N) is 1.